The van der Waals surface area contributed by atoms with Crippen LogP contribution in [-0.4, -0.2) is 15.0 Å². The largest absolute Gasteiger partial charge is 0.264 e. The summed E-state index contributed by atoms with van der Waals surface area (Å²) in [4.78, 5) is 13.4. The SMILES string of the molecule is Cc1cncc(-c2ccc(-c3cc(-c4ccc(-c5cccc6ccccc56)cc4)ncn3)cc2)c1.c1ccc(-c2cccc3ccccc23)cc1. The summed E-state index contributed by atoms with van der Waals surface area (Å²) in [6.07, 6.45) is 5.41. The highest BCUT2D eigenvalue weighted by molar-refractivity contribution is 5.97. The molecular weight excluding hydrogens is 619 g/mol. The fraction of sp³-hybridized carbons (Fsp3) is 0.0208. The average Bonchev–Trinajstić information content (AvgIpc) is 3.21. The van der Waals surface area contributed by atoms with Crippen LogP contribution >= 0.6 is 0 Å². The van der Waals surface area contributed by atoms with E-state index in [2.05, 4.69) is 198 Å². The van der Waals surface area contributed by atoms with E-state index in [1.165, 1.54) is 43.8 Å². The molecule has 0 aliphatic rings. The molecule has 0 amide bonds. The van der Waals surface area contributed by atoms with Crippen LogP contribution in [0.25, 0.3) is 77.4 Å². The minimum absolute atomic E-state index is 0.905. The monoisotopic (exact) mass is 653 g/mol. The third kappa shape index (κ3) is 6.92. The molecule has 242 valence electrons. The topological polar surface area (TPSA) is 38.7 Å². The van der Waals surface area contributed by atoms with Crippen LogP contribution in [0.5, 0.6) is 0 Å². The van der Waals surface area contributed by atoms with Crippen molar-refractivity contribution in [2.24, 2.45) is 0 Å². The van der Waals surface area contributed by atoms with E-state index in [-0.39, 0.29) is 0 Å². The van der Waals surface area contributed by atoms with Crippen molar-refractivity contribution in [3.63, 3.8) is 0 Å². The van der Waals surface area contributed by atoms with Gasteiger partial charge in [0.25, 0.3) is 0 Å². The van der Waals surface area contributed by atoms with Gasteiger partial charge in [-0.15, -0.1) is 0 Å². The Labute approximate surface area is 298 Å². The zero-order chi connectivity index (χ0) is 34.4. The molecule has 0 aliphatic heterocycles. The molecule has 9 rings (SSSR count). The predicted molar refractivity (Wildman–Crippen MR) is 213 cm³/mol. The highest BCUT2D eigenvalue weighted by Crippen LogP contribution is 2.32. The maximum absolute atomic E-state index is 4.54. The van der Waals surface area contributed by atoms with Crippen LogP contribution in [0.1, 0.15) is 5.56 Å². The summed E-state index contributed by atoms with van der Waals surface area (Å²) < 4.78 is 0. The highest BCUT2D eigenvalue weighted by Gasteiger charge is 2.08. The first-order valence-electron chi connectivity index (χ1n) is 17.2. The number of hydrogen-bond donors (Lipinski definition) is 0. The summed E-state index contributed by atoms with van der Waals surface area (Å²) in [5.41, 5.74) is 12.4. The van der Waals surface area contributed by atoms with Crippen LogP contribution in [0.2, 0.25) is 0 Å². The number of aryl methyl sites for hydroxylation is 1. The number of pyridine rings is 1. The Balaban J connectivity index is 0.000000194. The lowest BCUT2D eigenvalue weighted by atomic mass is 9.97. The Hall–Kier alpha value is -6.71. The van der Waals surface area contributed by atoms with Crippen molar-refractivity contribution in [1.29, 1.82) is 0 Å². The molecule has 2 aromatic heterocycles. The molecule has 0 aliphatic carbocycles. The van der Waals surface area contributed by atoms with Gasteiger partial charge >= 0.3 is 0 Å². The van der Waals surface area contributed by atoms with Crippen LogP contribution in [0.3, 0.4) is 0 Å². The average molecular weight is 654 g/mol. The van der Waals surface area contributed by atoms with Crippen LogP contribution < -0.4 is 0 Å². The summed E-state index contributed by atoms with van der Waals surface area (Å²) in [6.45, 7) is 2.06. The summed E-state index contributed by atoms with van der Waals surface area (Å²) in [7, 11) is 0. The minimum Gasteiger partial charge on any atom is -0.264 e. The second-order valence-corrected chi connectivity index (χ2v) is 12.6. The quantitative estimate of drug-likeness (QED) is 0.186. The summed E-state index contributed by atoms with van der Waals surface area (Å²) >= 11 is 0. The van der Waals surface area contributed by atoms with Gasteiger partial charge in [0.2, 0.25) is 0 Å². The minimum atomic E-state index is 0.905. The maximum atomic E-state index is 4.54. The molecule has 0 saturated heterocycles. The third-order valence-electron chi connectivity index (χ3n) is 9.21. The van der Waals surface area contributed by atoms with Crippen LogP contribution in [0.4, 0.5) is 0 Å². The lowest BCUT2D eigenvalue weighted by Crippen LogP contribution is -1.90. The normalized spacial score (nSPS) is 10.8. The second-order valence-electron chi connectivity index (χ2n) is 12.6. The molecule has 51 heavy (non-hydrogen) atoms. The first kappa shape index (κ1) is 31.6. The zero-order valence-electron chi connectivity index (χ0n) is 28.3. The second kappa shape index (κ2) is 14.4. The molecule has 0 N–H and O–H groups in total. The Morgan fingerprint density at radius 2 is 0.824 bits per heavy atom. The molecule has 0 spiro atoms. The number of rotatable bonds is 5. The van der Waals surface area contributed by atoms with E-state index in [1.54, 1.807) is 6.33 Å². The maximum Gasteiger partial charge on any atom is 0.116 e. The first-order valence-corrected chi connectivity index (χ1v) is 17.2. The molecule has 0 bridgehead atoms. The molecule has 0 unspecified atom stereocenters. The van der Waals surface area contributed by atoms with E-state index in [0.717, 1.165) is 39.2 Å². The van der Waals surface area contributed by atoms with Gasteiger partial charge in [-0.25, -0.2) is 9.97 Å². The lowest BCUT2D eigenvalue weighted by molar-refractivity contribution is 1.18. The van der Waals surface area contributed by atoms with E-state index in [9.17, 15) is 0 Å². The molecule has 0 atom stereocenters. The molecule has 3 nitrogen and oxygen atoms in total. The predicted octanol–water partition coefficient (Wildman–Crippen LogP) is 12.5. The van der Waals surface area contributed by atoms with Crippen LogP contribution in [0, 0.1) is 6.92 Å². The Morgan fingerprint density at radius 3 is 1.39 bits per heavy atom. The fourth-order valence-electron chi connectivity index (χ4n) is 6.61. The van der Waals surface area contributed by atoms with E-state index >= 15 is 0 Å². The van der Waals surface area contributed by atoms with Crippen LogP contribution in [0.15, 0.2) is 195 Å². The number of hydrogen-bond acceptors (Lipinski definition) is 3. The Morgan fingerprint density at radius 1 is 0.353 bits per heavy atom. The van der Waals surface area contributed by atoms with Gasteiger partial charge in [-0.05, 0) is 74.0 Å². The summed E-state index contributed by atoms with van der Waals surface area (Å²) in [6, 6.07) is 61.7. The standard InChI is InChI=1S/C32H23N3.C16H12/c1-22-17-28(20-33-19-22)23-9-13-26(14-10-23)31-18-32(35-21-34-31)27-15-11-25(12-16-27)30-8-4-6-24-5-2-3-7-29(24)30;1-2-7-13(8-3-1)16-12-6-10-14-9-4-5-11-15(14)16/h2-21H,1H3;1-12H. The van der Waals surface area contributed by atoms with Crippen molar-refractivity contribution in [2.75, 3.05) is 0 Å². The van der Waals surface area contributed by atoms with Gasteiger partial charge < -0.3 is 0 Å². The van der Waals surface area contributed by atoms with E-state index in [1.807, 2.05) is 12.4 Å². The zero-order valence-corrected chi connectivity index (χ0v) is 28.3. The molecule has 9 aromatic rings. The molecular formula is C48H35N3. The first-order chi connectivity index (χ1) is 25.2. The summed E-state index contributed by atoms with van der Waals surface area (Å²) in [5, 5.41) is 5.12. The van der Waals surface area contributed by atoms with E-state index in [4.69, 9.17) is 0 Å². The fourth-order valence-corrected chi connectivity index (χ4v) is 6.61. The van der Waals surface area contributed by atoms with Crippen molar-refractivity contribution in [3.8, 4) is 55.9 Å². The van der Waals surface area contributed by atoms with Gasteiger partial charge in [-0.2, -0.15) is 0 Å². The van der Waals surface area contributed by atoms with Crippen molar-refractivity contribution in [1.82, 2.24) is 15.0 Å². The van der Waals surface area contributed by atoms with Gasteiger partial charge in [0.1, 0.15) is 6.33 Å². The number of nitrogens with zero attached hydrogens (tertiary/aromatic N) is 3. The number of fused-ring (bicyclic) bond motifs is 2. The van der Waals surface area contributed by atoms with Gasteiger partial charge in [0.15, 0.2) is 0 Å². The molecule has 0 saturated carbocycles. The summed E-state index contributed by atoms with van der Waals surface area (Å²) in [5.74, 6) is 0. The van der Waals surface area contributed by atoms with Gasteiger partial charge in [0.05, 0.1) is 11.4 Å². The smallest absolute Gasteiger partial charge is 0.116 e. The van der Waals surface area contributed by atoms with Crippen molar-refractivity contribution >= 4 is 21.5 Å². The molecule has 2 heterocycles. The molecule has 0 fully saturated rings. The lowest BCUT2D eigenvalue weighted by Gasteiger charge is -2.09. The third-order valence-corrected chi connectivity index (χ3v) is 9.21. The highest BCUT2D eigenvalue weighted by atomic mass is 14.8. The molecule has 0 radical (unpaired) electrons. The van der Waals surface area contributed by atoms with E-state index < -0.39 is 0 Å². The van der Waals surface area contributed by atoms with Crippen molar-refractivity contribution < 1.29 is 0 Å². The number of aromatic nitrogens is 3. The Kier molecular flexibility index (Phi) is 8.92. The van der Waals surface area contributed by atoms with Crippen LogP contribution in [-0.2, 0) is 0 Å². The van der Waals surface area contributed by atoms with Crippen molar-refractivity contribution in [3.05, 3.63) is 200 Å². The molecule has 3 heteroatoms. The number of benzene rings is 7. The van der Waals surface area contributed by atoms with Gasteiger partial charge in [-0.3, -0.25) is 4.98 Å². The molecule has 7 aromatic carbocycles. The van der Waals surface area contributed by atoms with Crippen molar-refractivity contribution in [2.45, 2.75) is 6.92 Å². The van der Waals surface area contributed by atoms with Gasteiger partial charge in [-0.1, -0.05) is 164 Å². The Bertz CT molecular complexity index is 2560. The van der Waals surface area contributed by atoms with Gasteiger partial charge in [0, 0.05) is 29.1 Å². The van der Waals surface area contributed by atoms with E-state index in [0.29, 0.717) is 0 Å².